The number of aliphatic carboxylic acids is 1. The number of thioether (sulfide) groups is 1. The second-order valence-corrected chi connectivity index (χ2v) is 6.34. The van der Waals surface area contributed by atoms with Gasteiger partial charge in [-0.15, -0.1) is 0 Å². The van der Waals surface area contributed by atoms with Gasteiger partial charge in [0.15, 0.2) is 0 Å². The van der Waals surface area contributed by atoms with Crippen LogP contribution in [0.3, 0.4) is 0 Å². The molecule has 0 bridgehead atoms. The Morgan fingerprint density at radius 1 is 1.28 bits per heavy atom. The van der Waals surface area contributed by atoms with E-state index < -0.39 is 5.97 Å². The maximum Gasteiger partial charge on any atom is 0.323 e. The van der Waals surface area contributed by atoms with Crippen molar-refractivity contribution in [1.82, 2.24) is 10.2 Å². The van der Waals surface area contributed by atoms with E-state index in [0.29, 0.717) is 11.8 Å². The van der Waals surface area contributed by atoms with Crippen molar-refractivity contribution in [2.45, 2.75) is 43.4 Å². The molecule has 5 nitrogen and oxygen atoms in total. The van der Waals surface area contributed by atoms with Gasteiger partial charge in [0.05, 0.1) is 0 Å². The molecule has 2 aliphatic rings. The first kappa shape index (κ1) is 13.5. The third-order valence-electron chi connectivity index (χ3n) is 3.31. The molecule has 1 saturated heterocycles. The van der Waals surface area contributed by atoms with Crippen molar-refractivity contribution in [3.05, 3.63) is 0 Å². The average molecular weight is 272 g/mol. The molecule has 0 radical (unpaired) electrons. The highest BCUT2D eigenvalue weighted by Gasteiger charge is 2.34. The Morgan fingerprint density at radius 2 is 2.06 bits per heavy atom. The Balaban J connectivity index is 1.75. The predicted octanol–water partition coefficient (Wildman–Crippen LogP) is 1.53. The molecule has 1 aliphatic carbocycles. The molecule has 1 atom stereocenters. The van der Waals surface area contributed by atoms with Gasteiger partial charge in [0.2, 0.25) is 0 Å². The molecule has 2 N–H and O–H groups in total. The standard InChI is InChI=1S/C12H20N2O3S/c15-11(16)8-14(9-4-5-9)12(17)13-7-10-3-1-2-6-18-10/h9-10H,1-8H2,(H,13,17)(H,15,16). The number of nitrogens with one attached hydrogen (secondary N) is 1. The van der Waals surface area contributed by atoms with Crippen LogP contribution < -0.4 is 5.32 Å². The summed E-state index contributed by atoms with van der Waals surface area (Å²) in [7, 11) is 0. The van der Waals surface area contributed by atoms with E-state index in [1.54, 1.807) is 0 Å². The molecule has 0 aromatic carbocycles. The molecule has 1 unspecified atom stereocenters. The average Bonchev–Trinajstić information content (AvgIpc) is 3.18. The van der Waals surface area contributed by atoms with Crippen LogP contribution in [-0.2, 0) is 4.79 Å². The Morgan fingerprint density at radius 3 is 2.61 bits per heavy atom. The Hall–Kier alpha value is -0.910. The van der Waals surface area contributed by atoms with Crippen molar-refractivity contribution in [2.75, 3.05) is 18.8 Å². The molecular weight excluding hydrogens is 252 g/mol. The second-order valence-electron chi connectivity index (χ2n) is 4.93. The third kappa shape index (κ3) is 4.08. The summed E-state index contributed by atoms with van der Waals surface area (Å²) in [5.74, 6) is 0.228. The van der Waals surface area contributed by atoms with E-state index in [9.17, 15) is 9.59 Å². The van der Waals surface area contributed by atoms with Crippen molar-refractivity contribution >= 4 is 23.8 Å². The summed E-state index contributed by atoms with van der Waals surface area (Å²) in [6.07, 6.45) is 5.50. The van der Waals surface area contributed by atoms with Crippen LogP contribution in [-0.4, -0.2) is 52.1 Å². The molecule has 6 heteroatoms. The second kappa shape index (κ2) is 6.31. The molecule has 0 aromatic heterocycles. The van der Waals surface area contributed by atoms with Gasteiger partial charge >= 0.3 is 12.0 Å². The molecule has 18 heavy (non-hydrogen) atoms. The van der Waals surface area contributed by atoms with Crippen LogP contribution in [0.25, 0.3) is 0 Å². The van der Waals surface area contributed by atoms with E-state index in [2.05, 4.69) is 5.32 Å². The van der Waals surface area contributed by atoms with Gasteiger partial charge < -0.3 is 15.3 Å². The molecule has 2 amide bonds. The molecular formula is C12H20N2O3S. The molecule has 2 rings (SSSR count). The Labute approximate surface area is 111 Å². The summed E-state index contributed by atoms with van der Waals surface area (Å²) in [6, 6.07) is -0.0776. The lowest BCUT2D eigenvalue weighted by molar-refractivity contribution is -0.137. The first-order valence-electron chi connectivity index (χ1n) is 6.54. The lowest BCUT2D eigenvalue weighted by Crippen LogP contribution is -2.46. The zero-order valence-electron chi connectivity index (χ0n) is 10.4. The minimum absolute atomic E-state index is 0.139. The Kier molecular flexibility index (Phi) is 4.74. The highest BCUT2D eigenvalue weighted by atomic mass is 32.2. The van der Waals surface area contributed by atoms with Gasteiger partial charge in [0.1, 0.15) is 6.54 Å². The molecule has 0 aromatic rings. The molecule has 1 aliphatic heterocycles. The van der Waals surface area contributed by atoms with Gasteiger partial charge in [0.25, 0.3) is 0 Å². The zero-order chi connectivity index (χ0) is 13.0. The summed E-state index contributed by atoms with van der Waals surface area (Å²) in [4.78, 5) is 24.1. The van der Waals surface area contributed by atoms with E-state index >= 15 is 0 Å². The lowest BCUT2D eigenvalue weighted by atomic mass is 10.2. The fraction of sp³-hybridized carbons (Fsp3) is 0.833. The summed E-state index contributed by atoms with van der Waals surface area (Å²) in [5, 5.41) is 12.2. The molecule has 2 fully saturated rings. The maximum absolute atomic E-state index is 11.9. The number of rotatable bonds is 5. The number of carboxylic acids is 1. The van der Waals surface area contributed by atoms with Crippen LogP contribution in [0.1, 0.15) is 32.1 Å². The zero-order valence-corrected chi connectivity index (χ0v) is 11.2. The third-order valence-corrected chi connectivity index (χ3v) is 4.71. The van der Waals surface area contributed by atoms with Crippen LogP contribution in [0.2, 0.25) is 0 Å². The van der Waals surface area contributed by atoms with Crippen LogP contribution in [0.4, 0.5) is 4.79 Å². The van der Waals surface area contributed by atoms with Crippen molar-refractivity contribution in [3.8, 4) is 0 Å². The van der Waals surface area contributed by atoms with Gasteiger partial charge in [-0.05, 0) is 31.4 Å². The lowest BCUT2D eigenvalue weighted by Gasteiger charge is -2.25. The van der Waals surface area contributed by atoms with Crippen molar-refractivity contribution in [1.29, 1.82) is 0 Å². The summed E-state index contributed by atoms with van der Waals surface area (Å²) < 4.78 is 0. The topological polar surface area (TPSA) is 69.6 Å². The largest absolute Gasteiger partial charge is 0.480 e. The van der Waals surface area contributed by atoms with E-state index in [4.69, 9.17) is 5.11 Å². The molecule has 0 spiro atoms. The summed E-state index contributed by atoms with van der Waals surface area (Å²) >= 11 is 1.91. The van der Waals surface area contributed by atoms with Crippen LogP contribution in [0.5, 0.6) is 0 Å². The van der Waals surface area contributed by atoms with Gasteiger partial charge in [-0.25, -0.2) is 4.79 Å². The first-order chi connectivity index (χ1) is 8.66. The SMILES string of the molecule is O=C(O)CN(C(=O)NCC1CCCCS1)C1CC1. The number of carboxylic acid groups (broad SMARTS) is 1. The number of amides is 2. The number of hydrogen-bond donors (Lipinski definition) is 2. The number of hydrogen-bond acceptors (Lipinski definition) is 3. The van der Waals surface area contributed by atoms with E-state index in [1.807, 2.05) is 11.8 Å². The van der Waals surface area contributed by atoms with Gasteiger partial charge in [0, 0.05) is 17.8 Å². The van der Waals surface area contributed by atoms with Crippen LogP contribution >= 0.6 is 11.8 Å². The smallest absolute Gasteiger partial charge is 0.323 e. The highest BCUT2D eigenvalue weighted by molar-refractivity contribution is 7.99. The van der Waals surface area contributed by atoms with Gasteiger partial charge in [-0.2, -0.15) is 11.8 Å². The number of carbonyl (C=O) groups excluding carboxylic acids is 1. The maximum atomic E-state index is 11.9. The first-order valence-corrected chi connectivity index (χ1v) is 7.59. The number of carbonyl (C=O) groups is 2. The minimum Gasteiger partial charge on any atom is -0.480 e. The van der Waals surface area contributed by atoms with Crippen molar-refractivity contribution in [3.63, 3.8) is 0 Å². The molecule has 1 saturated carbocycles. The predicted molar refractivity (Wildman–Crippen MR) is 70.9 cm³/mol. The summed E-state index contributed by atoms with van der Waals surface area (Å²) in [5.41, 5.74) is 0. The fourth-order valence-electron chi connectivity index (χ4n) is 2.17. The minimum atomic E-state index is -0.941. The van der Waals surface area contributed by atoms with Crippen LogP contribution in [0, 0.1) is 0 Å². The van der Waals surface area contributed by atoms with Crippen LogP contribution in [0.15, 0.2) is 0 Å². The quantitative estimate of drug-likeness (QED) is 0.796. The van der Waals surface area contributed by atoms with E-state index in [1.165, 1.54) is 23.5 Å². The molecule has 102 valence electrons. The fourth-order valence-corrected chi connectivity index (χ4v) is 3.41. The Bertz CT molecular complexity index is 314. The van der Waals surface area contributed by atoms with E-state index in [0.717, 1.165) is 19.3 Å². The monoisotopic (exact) mass is 272 g/mol. The number of nitrogens with zero attached hydrogens (tertiary/aromatic N) is 1. The molecule has 1 heterocycles. The number of urea groups is 1. The highest BCUT2D eigenvalue weighted by Crippen LogP contribution is 2.27. The summed E-state index contributed by atoms with van der Waals surface area (Å²) in [6.45, 7) is 0.473. The van der Waals surface area contributed by atoms with Crippen molar-refractivity contribution in [2.24, 2.45) is 0 Å². The normalized spacial score (nSPS) is 23.4. The van der Waals surface area contributed by atoms with Crippen molar-refractivity contribution < 1.29 is 14.7 Å². The van der Waals surface area contributed by atoms with Gasteiger partial charge in [-0.1, -0.05) is 6.42 Å². The van der Waals surface area contributed by atoms with Gasteiger partial charge in [-0.3, -0.25) is 4.79 Å². The van der Waals surface area contributed by atoms with E-state index in [-0.39, 0.29) is 18.6 Å².